The van der Waals surface area contributed by atoms with Crippen LogP contribution in [-0.2, 0) is 0 Å². The minimum absolute atomic E-state index is 0.565. The Hall–Kier alpha value is -0.465. The Morgan fingerprint density at radius 3 is 2.87 bits per heavy atom. The molecular weight excluding hydrogens is 183 g/mol. The summed E-state index contributed by atoms with van der Waals surface area (Å²) in [6.07, 6.45) is 5.46. The second-order valence-electron chi connectivity index (χ2n) is 6.07. The van der Waals surface area contributed by atoms with Crippen molar-refractivity contribution < 1.29 is 0 Å². The Morgan fingerprint density at radius 2 is 2.20 bits per heavy atom. The maximum atomic E-state index is 4.50. The number of aliphatic imine (C=N–C) groups is 1. The van der Waals surface area contributed by atoms with Gasteiger partial charge in [-0.25, -0.2) is 0 Å². The van der Waals surface area contributed by atoms with E-state index in [0.29, 0.717) is 5.31 Å². The molecule has 2 aliphatic rings. The highest BCUT2D eigenvalue weighted by Gasteiger charge is 2.40. The van der Waals surface area contributed by atoms with Crippen LogP contribution in [0.5, 0.6) is 0 Å². The first kappa shape index (κ1) is 11.0. The summed E-state index contributed by atoms with van der Waals surface area (Å²) in [5.41, 5.74) is 0. The van der Waals surface area contributed by atoms with Gasteiger partial charge >= 0.3 is 0 Å². The highest BCUT2D eigenvalue weighted by Crippen LogP contribution is 2.48. The number of likely N-dealkylation sites (tertiary alicyclic amines) is 1. The quantitative estimate of drug-likeness (QED) is 0.549. The zero-order valence-corrected chi connectivity index (χ0v) is 10.6. The maximum absolute atomic E-state index is 4.50. The second-order valence-corrected chi connectivity index (χ2v) is 6.07. The summed E-state index contributed by atoms with van der Waals surface area (Å²) in [6.45, 7) is 3.62. The fraction of sp³-hybridized carbons (Fsp3) is 0.917. The molecule has 1 aliphatic carbocycles. The van der Waals surface area contributed by atoms with Crippen molar-refractivity contribution in [1.82, 2.24) is 4.90 Å². The van der Waals surface area contributed by atoms with E-state index < -0.39 is 0 Å². The number of nitrogens with zero attached hydrogens (tertiary/aromatic N) is 2. The van der Waals surface area contributed by atoms with Gasteiger partial charge < -0.3 is 4.90 Å². The maximum Gasteiger partial charge on any atom is 0.109 e. The Labute approximate surface area is 94.5 Å². The van der Waals surface area contributed by atoms with Crippen LogP contribution in [0.15, 0.2) is 4.99 Å². The summed E-state index contributed by atoms with van der Waals surface area (Å²) >= 11 is 0. The highest BCUT2D eigenvalue weighted by atomic mass is 15.2. The first-order chi connectivity index (χ1) is 7.03. The summed E-state index contributed by atoms with van der Waals surface area (Å²) in [7, 11) is 6.57. The van der Waals surface area contributed by atoms with Crippen LogP contribution >= 0.6 is 0 Å². The molecule has 2 nitrogen and oxygen atoms in total. The number of fused-ring (bicyclic) bond motifs is 1. The average molecular weight is 206 g/mol. The predicted octanol–water partition coefficient (Wildman–Crippen LogP) is 1.58. The van der Waals surface area contributed by atoms with Crippen LogP contribution in [0.25, 0.3) is 0 Å². The lowest BCUT2D eigenvalue weighted by atomic mass is 9.55. The number of amidine groups is 1. The molecule has 0 spiro atoms. The van der Waals surface area contributed by atoms with E-state index in [9.17, 15) is 0 Å². The lowest BCUT2D eigenvalue weighted by Gasteiger charge is -2.46. The van der Waals surface area contributed by atoms with E-state index in [-0.39, 0.29) is 0 Å². The van der Waals surface area contributed by atoms with E-state index in [1.165, 1.54) is 38.1 Å². The SMILES string of the molecule is BC1(C)CCC2/C(=N\C)N(C)CCC2C1. The number of hydrogen-bond acceptors (Lipinski definition) is 1. The van der Waals surface area contributed by atoms with Crippen LogP contribution in [0.1, 0.15) is 32.6 Å². The van der Waals surface area contributed by atoms with Crippen LogP contribution in [-0.4, -0.2) is 39.2 Å². The van der Waals surface area contributed by atoms with E-state index in [1.807, 2.05) is 7.05 Å². The van der Waals surface area contributed by atoms with Gasteiger partial charge in [-0.05, 0) is 18.8 Å². The molecule has 0 bridgehead atoms. The van der Waals surface area contributed by atoms with E-state index in [0.717, 1.165) is 11.8 Å². The lowest BCUT2D eigenvalue weighted by molar-refractivity contribution is 0.186. The van der Waals surface area contributed by atoms with Crippen molar-refractivity contribution in [2.24, 2.45) is 16.8 Å². The first-order valence-corrected chi connectivity index (χ1v) is 6.21. The van der Waals surface area contributed by atoms with E-state index in [1.54, 1.807) is 0 Å². The number of rotatable bonds is 0. The lowest BCUT2D eigenvalue weighted by Crippen LogP contribution is -2.46. The molecule has 3 atom stereocenters. The van der Waals surface area contributed by atoms with Gasteiger partial charge in [0.25, 0.3) is 0 Å². The van der Waals surface area contributed by atoms with Gasteiger partial charge in [0.15, 0.2) is 0 Å². The zero-order valence-electron chi connectivity index (χ0n) is 10.6. The van der Waals surface area contributed by atoms with Crippen LogP contribution in [0.4, 0.5) is 0 Å². The molecule has 0 radical (unpaired) electrons. The third-order valence-corrected chi connectivity index (χ3v) is 4.30. The Kier molecular flexibility index (Phi) is 2.82. The normalized spacial score (nSPS) is 44.2. The topological polar surface area (TPSA) is 15.6 Å². The van der Waals surface area contributed by atoms with Crippen LogP contribution in [0.3, 0.4) is 0 Å². The fourth-order valence-electron chi connectivity index (χ4n) is 3.47. The second kappa shape index (κ2) is 3.84. The molecule has 15 heavy (non-hydrogen) atoms. The first-order valence-electron chi connectivity index (χ1n) is 6.21. The Bertz CT molecular complexity index is 273. The molecule has 0 aromatic rings. The van der Waals surface area contributed by atoms with Crippen molar-refractivity contribution >= 4 is 13.7 Å². The molecule has 0 N–H and O–H groups in total. The van der Waals surface area contributed by atoms with E-state index >= 15 is 0 Å². The number of hydrogen-bond donors (Lipinski definition) is 0. The van der Waals surface area contributed by atoms with E-state index in [4.69, 9.17) is 0 Å². The number of piperidine rings is 1. The van der Waals surface area contributed by atoms with Crippen molar-refractivity contribution in [2.75, 3.05) is 20.6 Å². The van der Waals surface area contributed by atoms with Crippen molar-refractivity contribution in [1.29, 1.82) is 0 Å². The summed E-state index contributed by atoms with van der Waals surface area (Å²) in [4.78, 5) is 6.86. The standard InChI is InChI=1S/C12H23BN2/c1-12(13)6-4-10-9(8-12)5-7-15(3)11(10)14-2/h9-10H,4-8,13H2,1-3H3/b14-11+. The van der Waals surface area contributed by atoms with Gasteiger partial charge in [-0.1, -0.05) is 25.1 Å². The van der Waals surface area contributed by atoms with Crippen molar-refractivity contribution in [2.45, 2.75) is 37.9 Å². The van der Waals surface area contributed by atoms with Gasteiger partial charge in [-0.2, -0.15) is 0 Å². The zero-order chi connectivity index (χ0) is 11.1. The third-order valence-electron chi connectivity index (χ3n) is 4.30. The molecular formula is C12H23BN2. The van der Waals surface area contributed by atoms with Crippen molar-refractivity contribution in [3.05, 3.63) is 0 Å². The molecule has 0 aromatic carbocycles. The van der Waals surface area contributed by atoms with Crippen LogP contribution in [0.2, 0.25) is 5.31 Å². The fourth-order valence-corrected chi connectivity index (χ4v) is 3.47. The van der Waals surface area contributed by atoms with Crippen molar-refractivity contribution in [3.63, 3.8) is 0 Å². The predicted molar refractivity (Wildman–Crippen MR) is 68.3 cm³/mol. The summed E-state index contributed by atoms with van der Waals surface area (Å²) < 4.78 is 0. The van der Waals surface area contributed by atoms with Crippen LogP contribution < -0.4 is 0 Å². The molecule has 2 fully saturated rings. The largest absolute Gasteiger partial charge is 0.363 e. The van der Waals surface area contributed by atoms with Crippen molar-refractivity contribution in [3.8, 4) is 0 Å². The molecule has 1 aliphatic heterocycles. The molecule has 3 heteroatoms. The van der Waals surface area contributed by atoms with Gasteiger partial charge in [-0.15, -0.1) is 0 Å². The molecule has 0 amide bonds. The summed E-state index contributed by atoms with van der Waals surface area (Å²) in [5, 5.41) is 0.565. The highest BCUT2D eigenvalue weighted by molar-refractivity contribution is 6.15. The summed E-state index contributed by atoms with van der Waals surface area (Å²) in [6, 6.07) is 0. The molecule has 0 aromatic heterocycles. The molecule has 1 heterocycles. The molecule has 1 saturated heterocycles. The average Bonchev–Trinajstić information content (AvgIpc) is 2.17. The van der Waals surface area contributed by atoms with Gasteiger partial charge in [0.2, 0.25) is 0 Å². The van der Waals surface area contributed by atoms with Gasteiger partial charge in [0.05, 0.1) is 0 Å². The van der Waals surface area contributed by atoms with E-state index in [2.05, 4.69) is 31.7 Å². The summed E-state index contributed by atoms with van der Waals surface area (Å²) in [5.74, 6) is 3.01. The minimum Gasteiger partial charge on any atom is -0.363 e. The van der Waals surface area contributed by atoms with Gasteiger partial charge in [0, 0.05) is 26.6 Å². The minimum atomic E-state index is 0.565. The molecule has 3 unspecified atom stereocenters. The molecule has 1 saturated carbocycles. The third kappa shape index (κ3) is 2.06. The molecule has 84 valence electrons. The van der Waals surface area contributed by atoms with Gasteiger partial charge in [0.1, 0.15) is 13.7 Å². The Balaban J connectivity index is 2.15. The monoisotopic (exact) mass is 206 g/mol. The smallest absolute Gasteiger partial charge is 0.109 e. The molecule has 2 rings (SSSR count). The Morgan fingerprint density at radius 1 is 1.47 bits per heavy atom. The van der Waals surface area contributed by atoms with Gasteiger partial charge in [-0.3, -0.25) is 4.99 Å². The van der Waals surface area contributed by atoms with Crippen LogP contribution in [0, 0.1) is 11.8 Å².